The molecule has 2 N–H and O–H groups in total. The highest BCUT2D eigenvalue weighted by Gasteiger charge is 2.76. The molecule has 0 radical (unpaired) electrons. The lowest BCUT2D eigenvalue weighted by molar-refractivity contribution is -0.140. The number of phenolic OH excluding ortho intramolecular Hbond substituents is 2. The fraction of sp³-hybridized carbons (Fsp3) is 0.294. The minimum atomic E-state index is -2.03. The summed E-state index contributed by atoms with van der Waals surface area (Å²) in [5, 5.41) is 19.6. The van der Waals surface area contributed by atoms with Gasteiger partial charge in [0.2, 0.25) is 11.8 Å². The van der Waals surface area contributed by atoms with Gasteiger partial charge in [-0.2, -0.15) is 0 Å². The topological polar surface area (TPSA) is 115 Å². The third kappa shape index (κ3) is 4.24. The predicted octanol–water partition coefficient (Wildman–Crippen LogP) is 5.04. The molecular weight excluding hydrogens is 622 g/mol. The standard InChI is InChI=1S/C34H27Cl2FN2O6/c35-33-17-26-24(13-14-25-27(26)30(43)38(29(25)42)16-15-18-1-9-22(40)10-2-18)28(19-3-11-23(41)12-4-19)34(33,36)32(45)39(31(33)44)21-7-5-20(37)6-8-21/h1-13,25-28,40-41H,14-17H2/t25-,26+,27-,28-,33+,34-/m0/s1. The summed E-state index contributed by atoms with van der Waals surface area (Å²) >= 11 is 14.6. The van der Waals surface area contributed by atoms with Gasteiger partial charge in [-0.25, -0.2) is 9.29 Å². The lowest BCUT2D eigenvalue weighted by Gasteiger charge is -2.50. The molecule has 11 heteroatoms. The van der Waals surface area contributed by atoms with Crippen molar-refractivity contribution < 1.29 is 33.8 Å². The summed E-state index contributed by atoms with van der Waals surface area (Å²) in [5.74, 6) is -5.88. The predicted molar refractivity (Wildman–Crippen MR) is 163 cm³/mol. The van der Waals surface area contributed by atoms with E-state index in [9.17, 15) is 33.8 Å². The molecule has 2 saturated heterocycles. The summed E-state index contributed by atoms with van der Waals surface area (Å²) in [5.41, 5.74) is 2.09. The van der Waals surface area contributed by atoms with E-state index < -0.39 is 51.1 Å². The number of fused-ring (bicyclic) bond motifs is 4. The number of carbonyl (C=O) groups is 4. The zero-order chi connectivity index (χ0) is 31.8. The lowest BCUT2D eigenvalue weighted by Crippen LogP contribution is -2.60. The number of nitrogens with zero attached hydrogens (tertiary/aromatic N) is 2. The van der Waals surface area contributed by atoms with E-state index in [1.54, 1.807) is 24.3 Å². The Hall–Kier alpha value is -4.21. The van der Waals surface area contributed by atoms with E-state index >= 15 is 0 Å². The zero-order valence-corrected chi connectivity index (χ0v) is 25.2. The van der Waals surface area contributed by atoms with E-state index in [1.807, 2.05) is 6.08 Å². The molecule has 3 aromatic rings. The fourth-order valence-corrected chi connectivity index (χ4v) is 8.56. The number of rotatable bonds is 5. The highest BCUT2D eigenvalue weighted by molar-refractivity contribution is 6.58. The van der Waals surface area contributed by atoms with Gasteiger partial charge in [0.1, 0.15) is 17.3 Å². The van der Waals surface area contributed by atoms with Crippen molar-refractivity contribution in [2.75, 3.05) is 11.4 Å². The highest BCUT2D eigenvalue weighted by atomic mass is 35.5. The minimum Gasteiger partial charge on any atom is -0.508 e. The summed E-state index contributed by atoms with van der Waals surface area (Å²) in [6, 6.07) is 17.5. The van der Waals surface area contributed by atoms with Crippen molar-refractivity contribution in [2.24, 2.45) is 17.8 Å². The number of halogens is 3. The number of imide groups is 2. The Labute approximate surface area is 267 Å². The van der Waals surface area contributed by atoms with Gasteiger partial charge in [0.25, 0.3) is 11.8 Å². The molecule has 2 aliphatic heterocycles. The average molecular weight is 650 g/mol. The molecule has 45 heavy (non-hydrogen) atoms. The van der Waals surface area contributed by atoms with E-state index in [1.165, 1.54) is 41.3 Å². The Balaban J connectivity index is 1.30. The van der Waals surface area contributed by atoms with Crippen molar-refractivity contribution in [1.82, 2.24) is 4.90 Å². The number of amides is 4. The van der Waals surface area contributed by atoms with Gasteiger partial charge in [-0.3, -0.25) is 24.1 Å². The Bertz CT molecular complexity index is 1780. The molecule has 4 aliphatic rings. The van der Waals surface area contributed by atoms with Crippen LogP contribution in [0.25, 0.3) is 0 Å². The molecule has 8 nitrogen and oxygen atoms in total. The SMILES string of the molecule is O=C1[C@H]2[C@H](CC=C3[C@H]2C[C@@]2(Cl)C(=O)N(c4ccc(F)cc4)C(=O)[C@@]2(Cl)[C@H]3c2ccc(O)cc2)C(=O)N1CCc1ccc(O)cc1. The number of phenols is 2. The lowest BCUT2D eigenvalue weighted by atomic mass is 9.56. The van der Waals surface area contributed by atoms with Crippen LogP contribution < -0.4 is 4.90 Å². The van der Waals surface area contributed by atoms with Crippen LogP contribution in [0, 0.1) is 23.6 Å². The van der Waals surface area contributed by atoms with E-state index in [4.69, 9.17) is 23.2 Å². The van der Waals surface area contributed by atoms with Gasteiger partial charge >= 0.3 is 0 Å². The van der Waals surface area contributed by atoms with Crippen LogP contribution in [0.3, 0.4) is 0 Å². The molecule has 0 unspecified atom stereocenters. The molecule has 4 amide bonds. The third-order valence-corrected chi connectivity index (χ3v) is 11.2. The smallest absolute Gasteiger partial charge is 0.258 e. The van der Waals surface area contributed by atoms with Crippen LogP contribution in [-0.2, 0) is 25.6 Å². The number of hydrogen-bond acceptors (Lipinski definition) is 6. The zero-order valence-electron chi connectivity index (χ0n) is 23.7. The first-order valence-electron chi connectivity index (χ1n) is 14.6. The molecule has 3 fully saturated rings. The quantitative estimate of drug-likeness (QED) is 0.228. The maximum atomic E-state index is 14.3. The van der Waals surface area contributed by atoms with E-state index in [0.29, 0.717) is 17.6 Å². The van der Waals surface area contributed by atoms with Gasteiger partial charge in [0.15, 0.2) is 9.75 Å². The maximum Gasteiger partial charge on any atom is 0.258 e. The molecule has 2 heterocycles. The molecular formula is C34H27Cl2FN2O6. The Morgan fingerprint density at radius 2 is 1.42 bits per heavy atom. The van der Waals surface area contributed by atoms with Gasteiger partial charge < -0.3 is 10.2 Å². The van der Waals surface area contributed by atoms with Crippen molar-refractivity contribution in [1.29, 1.82) is 0 Å². The number of benzene rings is 3. The van der Waals surface area contributed by atoms with Crippen LogP contribution in [0.5, 0.6) is 11.5 Å². The van der Waals surface area contributed by atoms with Crippen LogP contribution in [0.2, 0.25) is 0 Å². The first-order chi connectivity index (χ1) is 21.5. The summed E-state index contributed by atoms with van der Waals surface area (Å²) in [7, 11) is 0. The van der Waals surface area contributed by atoms with Crippen LogP contribution in [0.4, 0.5) is 10.1 Å². The first kappa shape index (κ1) is 29.5. The number of hydrogen-bond donors (Lipinski definition) is 2. The molecule has 230 valence electrons. The van der Waals surface area contributed by atoms with Gasteiger partial charge in [0.05, 0.1) is 17.5 Å². The second-order valence-electron chi connectivity index (χ2n) is 12.1. The number of alkyl halides is 2. The number of aromatic hydroxyl groups is 2. The summed E-state index contributed by atoms with van der Waals surface area (Å²) in [4.78, 5) is 54.3. The Kier molecular flexibility index (Phi) is 6.83. The average Bonchev–Trinajstić information content (AvgIpc) is 3.35. The number of carbonyl (C=O) groups excluding carboxylic acids is 4. The van der Waals surface area contributed by atoms with Crippen molar-refractivity contribution in [3.63, 3.8) is 0 Å². The number of likely N-dealkylation sites (tertiary alicyclic amines) is 1. The first-order valence-corrected chi connectivity index (χ1v) is 15.4. The number of allylic oxidation sites excluding steroid dienone is 2. The molecule has 0 spiro atoms. The largest absolute Gasteiger partial charge is 0.508 e. The molecule has 2 aliphatic carbocycles. The number of anilines is 1. The molecule has 7 rings (SSSR count). The second kappa shape index (κ2) is 10.4. The van der Waals surface area contributed by atoms with E-state index in [-0.39, 0.29) is 48.4 Å². The van der Waals surface area contributed by atoms with E-state index in [2.05, 4.69) is 0 Å². The van der Waals surface area contributed by atoms with Crippen molar-refractivity contribution in [3.8, 4) is 11.5 Å². The van der Waals surface area contributed by atoms with Crippen LogP contribution in [0.1, 0.15) is 29.9 Å². The fourth-order valence-electron chi connectivity index (χ4n) is 7.63. The Morgan fingerprint density at radius 3 is 2.07 bits per heavy atom. The highest BCUT2D eigenvalue weighted by Crippen LogP contribution is 2.65. The van der Waals surface area contributed by atoms with Gasteiger partial charge in [-0.05, 0) is 84.8 Å². The Morgan fingerprint density at radius 1 is 0.800 bits per heavy atom. The molecule has 0 bridgehead atoms. The van der Waals surface area contributed by atoms with Crippen LogP contribution in [0.15, 0.2) is 84.4 Å². The van der Waals surface area contributed by atoms with Gasteiger partial charge in [-0.15, -0.1) is 23.2 Å². The maximum absolute atomic E-state index is 14.3. The van der Waals surface area contributed by atoms with Crippen molar-refractivity contribution in [3.05, 3.63) is 101 Å². The molecule has 0 aromatic heterocycles. The van der Waals surface area contributed by atoms with Crippen molar-refractivity contribution >= 4 is 52.5 Å². The summed E-state index contributed by atoms with van der Waals surface area (Å²) in [6.45, 7) is 0.139. The van der Waals surface area contributed by atoms with Crippen LogP contribution >= 0.6 is 23.2 Å². The summed E-state index contributed by atoms with van der Waals surface area (Å²) in [6.07, 6.45) is 2.29. The minimum absolute atomic E-state index is 0.0212. The molecule has 3 aromatic carbocycles. The van der Waals surface area contributed by atoms with Gasteiger partial charge in [0, 0.05) is 12.5 Å². The molecule has 6 atom stereocenters. The monoisotopic (exact) mass is 648 g/mol. The molecule has 1 saturated carbocycles. The third-order valence-electron chi connectivity index (χ3n) is 9.77. The normalized spacial score (nSPS) is 30.7. The summed E-state index contributed by atoms with van der Waals surface area (Å²) < 4.78 is 13.8. The second-order valence-corrected chi connectivity index (χ2v) is 13.3. The van der Waals surface area contributed by atoms with Crippen LogP contribution in [-0.4, -0.2) is 55.0 Å². The van der Waals surface area contributed by atoms with Gasteiger partial charge in [-0.1, -0.05) is 35.9 Å². The van der Waals surface area contributed by atoms with E-state index in [0.717, 1.165) is 22.6 Å². The van der Waals surface area contributed by atoms with Crippen molar-refractivity contribution in [2.45, 2.75) is 34.9 Å².